The molecule has 1 aliphatic carbocycles. The van der Waals surface area contributed by atoms with E-state index in [0.717, 1.165) is 32.5 Å². The van der Waals surface area contributed by atoms with Gasteiger partial charge < -0.3 is 15.4 Å². The Balaban J connectivity index is 1.77. The van der Waals surface area contributed by atoms with Gasteiger partial charge >= 0.3 is 0 Å². The minimum absolute atomic E-state index is 0.164. The van der Waals surface area contributed by atoms with Crippen LogP contribution in [0.3, 0.4) is 0 Å². The number of thiazole rings is 1. The number of hydrogen-bond acceptors (Lipinski definition) is 5. The summed E-state index contributed by atoms with van der Waals surface area (Å²) in [5, 5.41) is 1.17. The Bertz CT molecular complexity index is 485. The average Bonchev–Trinajstić information content (AvgIpc) is 2.94. The molecule has 2 N–H and O–H groups in total. The van der Waals surface area contributed by atoms with Gasteiger partial charge in [-0.2, -0.15) is 0 Å². The van der Waals surface area contributed by atoms with Crippen LogP contribution in [0.2, 0.25) is 0 Å². The molecule has 1 fully saturated rings. The third-order valence-electron chi connectivity index (χ3n) is 4.43. The molecule has 1 saturated heterocycles. The van der Waals surface area contributed by atoms with Gasteiger partial charge in [-0.25, -0.2) is 4.98 Å². The lowest BCUT2D eigenvalue weighted by molar-refractivity contribution is 0.161. The van der Waals surface area contributed by atoms with Gasteiger partial charge in [-0.1, -0.05) is 25.2 Å². The number of ether oxygens (including phenoxy) is 1. The molecule has 0 amide bonds. The summed E-state index contributed by atoms with van der Waals surface area (Å²) in [5.74, 6) is 0.644. The van der Waals surface area contributed by atoms with Gasteiger partial charge in [0, 0.05) is 37.0 Å². The second kappa shape index (κ2) is 5.28. The van der Waals surface area contributed by atoms with E-state index in [9.17, 15) is 0 Å². The number of rotatable bonds is 3. The molecule has 2 aliphatic rings. The summed E-state index contributed by atoms with van der Waals surface area (Å²) in [7, 11) is 1.78. The molecule has 0 bridgehead atoms. The molecule has 1 aliphatic heterocycles. The fourth-order valence-corrected chi connectivity index (χ4v) is 4.61. The van der Waals surface area contributed by atoms with Gasteiger partial charge in [0.05, 0.1) is 12.3 Å². The summed E-state index contributed by atoms with van der Waals surface area (Å²) in [6.07, 6.45) is 3.32. The standard InChI is InChI=1S/C15H25N3OS/c1-15(2)6-11(16)13-12(7-15)17-14(20-13)18-5-4-10(8-18)9-19-3/h10-11H,4-9,16H2,1-3H3. The van der Waals surface area contributed by atoms with E-state index in [1.165, 1.54) is 22.1 Å². The van der Waals surface area contributed by atoms with Crippen LogP contribution in [0.5, 0.6) is 0 Å². The molecule has 1 aromatic heterocycles. The van der Waals surface area contributed by atoms with Crippen molar-refractivity contribution in [2.45, 2.75) is 39.2 Å². The molecule has 1 aromatic rings. The van der Waals surface area contributed by atoms with Crippen LogP contribution in [0.1, 0.15) is 43.3 Å². The first kappa shape index (κ1) is 14.3. The minimum Gasteiger partial charge on any atom is -0.384 e. The fourth-order valence-electron chi connectivity index (χ4n) is 3.49. The quantitative estimate of drug-likeness (QED) is 0.931. The highest BCUT2D eigenvalue weighted by molar-refractivity contribution is 7.15. The van der Waals surface area contributed by atoms with Gasteiger partial charge in [-0.3, -0.25) is 0 Å². The van der Waals surface area contributed by atoms with E-state index in [1.54, 1.807) is 7.11 Å². The Morgan fingerprint density at radius 3 is 3.05 bits per heavy atom. The predicted octanol–water partition coefficient (Wildman–Crippen LogP) is 2.59. The topological polar surface area (TPSA) is 51.4 Å². The van der Waals surface area contributed by atoms with Crippen LogP contribution >= 0.6 is 11.3 Å². The zero-order valence-corrected chi connectivity index (χ0v) is 13.5. The highest BCUT2D eigenvalue weighted by Gasteiger charge is 2.34. The number of nitrogens with zero attached hydrogens (tertiary/aromatic N) is 2. The van der Waals surface area contributed by atoms with Crippen LogP contribution in [0.15, 0.2) is 0 Å². The third-order valence-corrected chi connectivity index (χ3v) is 5.72. The first-order valence-electron chi connectivity index (χ1n) is 7.47. The molecule has 0 saturated carbocycles. The van der Waals surface area contributed by atoms with Gasteiger partial charge in [0.25, 0.3) is 0 Å². The van der Waals surface area contributed by atoms with Crippen molar-refractivity contribution in [2.24, 2.45) is 17.1 Å². The molecule has 20 heavy (non-hydrogen) atoms. The first-order chi connectivity index (χ1) is 9.48. The SMILES string of the molecule is COCC1CCN(c2nc3c(s2)C(N)CC(C)(C)C3)C1. The van der Waals surface area contributed by atoms with E-state index >= 15 is 0 Å². The maximum absolute atomic E-state index is 6.34. The Hall–Kier alpha value is -0.650. The molecule has 0 aromatic carbocycles. The van der Waals surface area contributed by atoms with Crippen LogP contribution < -0.4 is 10.6 Å². The highest BCUT2D eigenvalue weighted by atomic mass is 32.1. The van der Waals surface area contributed by atoms with Crippen LogP contribution in [0.4, 0.5) is 5.13 Å². The fraction of sp³-hybridized carbons (Fsp3) is 0.800. The average molecular weight is 295 g/mol. The van der Waals surface area contributed by atoms with E-state index in [4.69, 9.17) is 15.5 Å². The highest BCUT2D eigenvalue weighted by Crippen LogP contribution is 2.44. The maximum atomic E-state index is 6.34. The minimum atomic E-state index is 0.164. The van der Waals surface area contributed by atoms with Crippen LogP contribution in [-0.4, -0.2) is 31.8 Å². The molecule has 2 heterocycles. The van der Waals surface area contributed by atoms with Gasteiger partial charge in [0.15, 0.2) is 5.13 Å². The maximum Gasteiger partial charge on any atom is 0.185 e. The van der Waals surface area contributed by atoms with Crippen molar-refractivity contribution in [3.63, 3.8) is 0 Å². The molecule has 5 heteroatoms. The second-order valence-corrected chi connectivity index (χ2v) is 8.02. The molecular formula is C15H25N3OS. The van der Waals surface area contributed by atoms with Crippen LogP contribution in [-0.2, 0) is 11.2 Å². The molecule has 0 radical (unpaired) electrons. The van der Waals surface area contributed by atoms with E-state index in [-0.39, 0.29) is 11.5 Å². The number of hydrogen-bond donors (Lipinski definition) is 1. The molecule has 2 atom stereocenters. The zero-order chi connectivity index (χ0) is 14.3. The van der Waals surface area contributed by atoms with Crippen LogP contribution in [0.25, 0.3) is 0 Å². The molecule has 2 unspecified atom stereocenters. The van der Waals surface area contributed by atoms with E-state index in [1.807, 2.05) is 11.3 Å². The van der Waals surface area contributed by atoms with Crippen molar-refractivity contribution >= 4 is 16.5 Å². The summed E-state index contributed by atoms with van der Waals surface area (Å²) in [5.41, 5.74) is 7.86. The summed E-state index contributed by atoms with van der Waals surface area (Å²) >= 11 is 1.81. The van der Waals surface area contributed by atoms with Gasteiger partial charge in [-0.05, 0) is 24.7 Å². The molecule has 0 spiro atoms. The van der Waals surface area contributed by atoms with E-state index < -0.39 is 0 Å². The lowest BCUT2D eigenvalue weighted by Gasteiger charge is -2.32. The largest absolute Gasteiger partial charge is 0.384 e. The normalized spacial score (nSPS) is 28.7. The zero-order valence-electron chi connectivity index (χ0n) is 12.7. The summed E-state index contributed by atoms with van der Waals surface area (Å²) in [6, 6.07) is 0.164. The van der Waals surface area contributed by atoms with Crippen LogP contribution in [0, 0.1) is 11.3 Å². The number of nitrogens with two attached hydrogens (primary N) is 1. The van der Waals surface area contributed by atoms with Gasteiger partial charge in [0.1, 0.15) is 0 Å². The molecule has 3 rings (SSSR count). The van der Waals surface area contributed by atoms with Crippen molar-refractivity contribution in [3.8, 4) is 0 Å². The summed E-state index contributed by atoms with van der Waals surface area (Å²) in [6.45, 7) is 7.60. The number of aromatic nitrogens is 1. The van der Waals surface area contributed by atoms with Gasteiger partial charge in [-0.15, -0.1) is 0 Å². The lowest BCUT2D eigenvalue weighted by atomic mass is 9.77. The smallest absolute Gasteiger partial charge is 0.185 e. The van der Waals surface area contributed by atoms with Gasteiger partial charge in [0.2, 0.25) is 0 Å². The van der Waals surface area contributed by atoms with E-state index in [2.05, 4.69) is 18.7 Å². The Labute approximate surface area is 125 Å². The molecule has 112 valence electrons. The van der Waals surface area contributed by atoms with Crippen molar-refractivity contribution in [3.05, 3.63) is 10.6 Å². The van der Waals surface area contributed by atoms with Crippen molar-refractivity contribution in [1.82, 2.24) is 4.98 Å². The van der Waals surface area contributed by atoms with E-state index in [0.29, 0.717) is 5.92 Å². The number of methoxy groups -OCH3 is 1. The first-order valence-corrected chi connectivity index (χ1v) is 8.29. The predicted molar refractivity (Wildman–Crippen MR) is 83.3 cm³/mol. The summed E-state index contributed by atoms with van der Waals surface area (Å²) < 4.78 is 5.27. The molecular weight excluding hydrogens is 270 g/mol. The number of fused-ring (bicyclic) bond motifs is 1. The Kier molecular flexibility index (Phi) is 3.77. The summed E-state index contributed by atoms with van der Waals surface area (Å²) in [4.78, 5) is 8.62. The Morgan fingerprint density at radius 1 is 1.50 bits per heavy atom. The molecule has 4 nitrogen and oxygen atoms in total. The van der Waals surface area contributed by atoms with Crippen molar-refractivity contribution < 1.29 is 4.74 Å². The Morgan fingerprint density at radius 2 is 2.30 bits per heavy atom. The van der Waals surface area contributed by atoms with Crippen molar-refractivity contribution in [2.75, 3.05) is 31.7 Å². The van der Waals surface area contributed by atoms with Crippen molar-refractivity contribution in [1.29, 1.82) is 0 Å². The number of anilines is 1. The second-order valence-electron chi connectivity index (χ2n) is 7.02. The monoisotopic (exact) mass is 295 g/mol. The third kappa shape index (κ3) is 2.71. The lowest BCUT2D eigenvalue weighted by Crippen LogP contribution is -2.28.